The van der Waals surface area contributed by atoms with Crippen LogP contribution >= 0.6 is 0 Å². The van der Waals surface area contributed by atoms with Gasteiger partial charge in [0.25, 0.3) is 0 Å². The minimum atomic E-state index is -0.796. The summed E-state index contributed by atoms with van der Waals surface area (Å²) in [6.07, 6.45) is 1.77. The molecule has 0 amide bonds. The first-order valence-electron chi connectivity index (χ1n) is 5.95. The van der Waals surface area contributed by atoms with Crippen LogP contribution in [-0.2, 0) is 9.53 Å². The van der Waals surface area contributed by atoms with E-state index in [1.807, 2.05) is 13.8 Å². The molecule has 3 heteroatoms. The standard InChI is InChI=1S/C15H17FO2/c1-14(2)12(13(17)15(3,4)18-14)9-10-5-7-11(16)8-6-10/h5-9H,1-4H3/b12-9+. The molecule has 1 fully saturated rings. The summed E-state index contributed by atoms with van der Waals surface area (Å²) in [5.74, 6) is -0.303. The van der Waals surface area contributed by atoms with Crippen LogP contribution < -0.4 is 0 Å². The molecule has 0 spiro atoms. The summed E-state index contributed by atoms with van der Waals surface area (Å²) in [6.45, 7) is 7.27. The first-order chi connectivity index (χ1) is 8.22. The predicted molar refractivity (Wildman–Crippen MR) is 68.6 cm³/mol. The average molecular weight is 248 g/mol. The molecule has 0 atom stereocenters. The van der Waals surface area contributed by atoms with Gasteiger partial charge in [0.2, 0.25) is 0 Å². The zero-order valence-electron chi connectivity index (χ0n) is 11.1. The molecule has 18 heavy (non-hydrogen) atoms. The molecule has 96 valence electrons. The lowest BCUT2D eigenvalue weighted by Gasteiger charge is -2.22. The van der Waals surface area contributed by atoms with Crippen molar-refractivity contribution in [2.75, 3.05) is 0 Å². The second-order valence-electron chi connectivity index (χ2n) is 5.56. The smallest absolute Gasteiger partial charge is 0.192 e. The molecular formula is C15H17FO2. The minimum Gasteiger partial charge on any atom is -0.357 e. The largest absolute Gasteiger partial charge is 0.357 e. The molecule has 0 saturated carbocycles. The van der Waals surface area contributed by atoms with Gasteiger partial charge in [-0.05, 0) is 51.5 Å². The SMILES string of the molecule is CC1(C)OC(C)(C)/C(=C/c2ccc(F)cc2)C1=O. The highest BCUT2D eigenvalue weighted by molar-refractivity contribution is 6.08. The van der Waals surface area contributed by atoms with Crippen molar-refractivity contribution in [1.29, 1.82) is 0 Å². The summed E-state index contributed by atoms with van der Waals surface area (Å²) in [5, 5.41) is 0. The van der Waals surface area contributed by atoms with Gasteiger partial charge in [-0.2, -0.15) is 0 Å². The third kappa shape index (κ3) is 2.23. The molecule has 0 aliphatic carbocycles. The molecule has 2 nitrogen and oxygen atoms in total. The van der Waals surface area contributed by atoms with Gasteiger partial charge >= 0.3 is 0 Å². The molecule has 1 heterocycles. The van der Waals surface area contributed by atoms with Crippen LogP contribution in [0.3, 0.4) is 0 Å². The van der Waals surface area contributed by atoms with Crippen molar-refractivity contribution >= 4 is 11.9 Å². The second-order valence-corrected chi connectivity index (χ2v) is 5.56. The number of carbonyl (C=O) groups excluding carboxylic acids is 1. The molecule has 1 aromatic rings. The highest BCUT2D eigenvalue weighted by Crippen LogP contribution is 2.39. The van der Waals surface area contributed by atoms with Crippen LogP contribution in [-0.4, -0.2) is 17.0 Å². The number of halogens is 1. The lowest BCUT2D eigenvalue weighted by Crippen LogP contribution is -2.29. The van der Waals surface area contributed by atoms with Crippen LogP contribution in [0, 0.1) is 5.82 Å². The third-order valence-corrected chi connectivity index (χ3v) is 3.13. The van der Waals surface area contributed by atoms with Gasteiger partial charge in [-0.3, -0.25) is 4.79 Å². The fourth-order valence-electron chi connectivity index (χ4n) is 2.30. The Kier molecular flexibility index (Phi) is 2.90. The van der Waals surface area contributed by atoms with Crippen molar-refractivity contribution in [1.82, 2.24) is 0 Å². The zero-order valence-corrected chi connectivity index (χ0v) is 11.1. The maximum Gasteiger partial charge on any atom is 0.192 e. The number of rotatable bonds is 1. The summed E-state index contributed by atoms with van der Waals surface area (Å²) in [7, 11) is 0. The predicted octanol–water partition coefficient (Wildman–Crippen LogP) is 3.37. The highest BCUT2D eigenvalue weighted by Gasteiger charge is 2.49. The molecule has 1 aliphatic heterocycles. The van der Waals surface area contributed by atoms with Gasteiger partial charge in [-0.25, -0.2) is 4.39 Å². The zero-order chi connectivity index (χ0) is 13.6. The van der Waals surface area contributed by atoms with Crippen LogP contribution in [0.1, 0.15) is 33.3 Å². The molecule has 2 rings (SSSR count). The fourth-order valence-corrected chi connectivity index (χ4v) is 2.30. The van der Waals surface area contributed by atoms with Crippen molar-refractivity contribution < 1.29 is 13.9 Å². The highest BCUT2D eigenvalue weighted by atomic mass is 19.1. The van der Waals surface area contributed by atoms with Gasteiger partial charge in [-0.15, -0.1) is 0 Å². The average Bonchev–Trinajstić information content (AvgIpc) is 2.39. The summed E-state index contributed by atoms with van der Waals surface area (Å²) >= 11 is 0. The van der Waals surface area contributed by atoms with Gasteiger partial charge in [0.05, 0.1) is 5.60 Å². The normalized spacial score (nSPS) is 23.6. The van der Waals surface area contributed by atoms with Crippen molar-refractivity contribution in [3.05, 3.63) is 41.2 Å². The Hall–Kier alpha value is -1.48. The van der Waals surface area contributed by atoms with Crippen LogP contribution in [0.15, 0.2) is 29.8 Å². The second kappa shape index (κ2) is 4.02. The van der Waals surface area contributed by atoms with E-state index in [1.54, 1.807) is 32.1 Å². The number of Topliss-reactive ketones (excluding diaryl/α,β-unsaturated/α-hetero) is 1. The molecule has 1 aromatic carbocycles. The Morgan fingerprint density at radius 2 is 1.61 bits per heavy atom. The number of benzene rings is 1. The van der Waals surface area contributed by atoms with Gasteiger partial charge in [-0.1, -0.05) is 12.1 Å². The van der Waals surface area contributed by atoms with E-state index < -0.39 is 11.2 Å². The number of ether oxygens (including phenoxy) is 1. The van der Waals surface area contributed by atoms with E-state index in [9.17, 15) is 9.18 Å². The monoisotopic (exact) mass is 248 g/mol. The Morgan fingerprint density at radius 1 is 1.06 bits per heavy atom. The number of hydrogen-bond donors (Lipinski definition) is 0. The third-order valence-electron chi connectivity index (χ3n) is 3.13. The summed E-state index contributed by atoms with van der Waals surface area (Å²) in [6, 6.07) is 6.06. The molecule has 0 aromatic heterocycles. The molecule has 0 bridgehead atoms. The summed E-state index contributed by atoms with van der Waals surface area (Å²) < 4.78 is 18.6. The van der Waals surface area contributed by atoms with E-state index in [2.05, 4.69) is 0 Å². The van der Waals surface area contributed by atoms with Gasteiger partial charge in [0.15, 0.2) is 5.78 Å². The van der Waals surface area contributed by atoms with Crippen molar-refractivity contribution in [2.45, 2.75) is 38.9 Å². The maximum absolute atomic E-state index is 12.8. The molecule has 0 radical (unpaired) electrons. The van der Waals surface area contributed by atoms with Gasteiger partial charge < -0.3 is 4.74 Å². The maximum atomic E-state index is 12.8. The van der Waals surface area contributed by atoms with Crippen LogP contribution in [0.2, 0.25) is 0 Å². The van der Waals surface area contributed by atoms with E-state index >= 15 is 0 Å². The van der Waals surface area contributed by atoms with Gasteiger partial charge in [0.1, 0.15) is 11.4 Å². The topological polar surface area (TPSA) is 26.3 Å². The number of carbonyl (C=O) groups is 1. The van der Waals surface area contributed by atoms with Crippen molar-refractivity contribution in [3.63, 3.8) is 0 Å². The van der Waals surface area contributed by atoms with E-state index in [-0.39, 0.29) is 11.6 Å². The number of ketones is 1. The molecule has 0 N–H and O–H groups in total. The van der Waals surface area contributed by atoms with Gasteiger partial charge in [0, 0.05) is 5.57 Å². The quantitative estimate of drug-likeness (QED) is 0.712. The van der Waals surface area contributed by atoms with E-state index in [0.717, 1.165) is 5.56 Å². The van der Waals surface area contributed by atoms with Crippen LogP contribution in [0.25, 0.3) is 6.08 Å². The van der Waals surface area contributed by atoms with Crippen LogP contribution in [0.5, 0.6) is 0 Å². The Bertz CT molecular complexity index is 510. The Balaban J connectivity index is 2.43. The first-order valence-corrected chi connectivity index (χ1v) is 5.95. The Labute approximate surface area is 106 Å². The molecule has 0 unspecified atom stereocenters. The van der Waals surface area contributed by atoms with Crippen molar-refractivity contribution in [2.24, 2.45) is 0 Å². The van der Waals surface area contributed by atoms with E-state index in [0.29, 0.717) is 5.57 Å². The lowest BCUT2D eigenvalue weighted by molar-refractivity contribution is -0.132. The van der Waals surface area contributed by atoms with Crippen LogP contribution in [0.4, 0.5) is 4.39 Å². The molecule has 1 saturated heterocycles. The number of hydrogen-bond acceptors (Lipinski definition) is 2. The van der Waals surface area contributed by atoms with Crippen molar-refractivity contribution in [3.8, 4) is 0 Å². The van der Waals surface area contributed by atoms with E-state index in [1.165, 1.54) is 12.1 Å². The van der Waals surface area contributed by atoms with E-state index in [4.69, 9.17) is 4.74 Å². The fraction of sp³-hybridized carbons (Fsp3) is 0.400. The lowest BCUT2D eigenvalue weighted by atomic mass is 9.91. The molecular weight excluding hydrogens is 231 g/mol. The first kappa shape index (κ1) is 13.0. The molecule has 1 aliphatic rings. The minimum absolute atomic E-state index is 0.0168. The summed E-state index contributed by atoms with van der Waals surface area (Å²) in [4.78, 5) is 12.2. The summed E-state index contributed by atoms with van der Waals surface area (Å²) in [5.41, 5.74) is 0.0119. The Morgan fingerprint density at radius 3 is 2.06 bits per heavy atom.